The summed E-state index contributed by atoms with van der Waals surface area (Å²) in [6.07, 6.45) is 3.20. The molecule has 2 aromatic heterocycles. The maximum absolute atomic E-state index is 9.48. The average Bonchev–Trinajstić information content (AvgIpc) is 3.51. The molecule has 2 aliphatic rings. The Morgan fingerprint density at radius 1 is 1.29 bits per heavy atom. The van der Waals surface area contributed by atoms with E-state index in [0.29, 0.717) is 46.8 Å². The van der Waals surface area contributed by atoms with E-state index < -0.39 is 0 Å². The molecular formula is C20H17ClN8O2. The Kier molecular flexibility index (Phi) is 5.04. The van der Waals surface area contributed by atoms with E-state index in [1.54, 1.807) is 6.07 Å². The van der Waals surface area contributed by atoms with E-state index in [4.69, 9.17) is 21.1 Å². The number of nitrogens with zero attached hydrogens (tertiary/aromatic N) is 6. The Balaban J connectivity index is 1.56. The Hall–Kier alpha value is -3.44. The maximum atomic E-state index is 9.48. The van der Waals surface area contributed by atoms with Gasteiger partial charge in [0.1, 0.15) is 6.07 Å². The first kappa shape index (κ1) is 19.5. The standard InChI is InChI=1S/C20H17ClN8O2/c21-17-14(16-10-24-3-4-30-16)5-11(7-22)6-15(17)31-20-27-18(26-12-1-2-12)19-25-9-13(8-23)29(19)28-20/h5-6,9,12,16,24H,1-4,10H2,(H,26,27,28). The third-order valence-corrected chi connectivity index (χ3v) is 5.45. The molecule has 31 heavy (non-hydrogen) atoms. The second-order valence-corrected chi connectivity index (χ2v) is 7.69. The first-order valence-corrected chi connectivity index (χ1v) is 10.2. The molecule has 1 unspecified atom stereocenters. The number of hydrogen-bond donors (Lipinski definition) is 2. The van der Waals surface area contributed by atoms with Crippen LogP contribution in [-0.2, 0) is 4.74 Å². The second kappa shape index (κ2) is 8.00. The molecule has 0 bridgehead atoms. The summed E-state index contributed by atoms with van der Waals surface area (Å²) in [6.45, 7) is 1.88. The summed E-state index contributed by atoms with van der Waals surface area (Å²) in [5, 5.41) is 30.0. The Bertz CT molecular complexity index is 1230. The predicted molar refractivity (Wildman–Crippen MR) is 110 cm³/mol. The number of imidazole rings is 1. The highest BCUT2D eigenvalue weighted by molar-refractivity contribution is 6.33. The zero-order chi connectivity index (χ0) is 21.4. The fourth-order valence-corrected chi connectivity index (χ4v) is 3.62. The number of halogens is 1. The summed E-state index contributed by atoms with van der Waals surface area (Å²) in [7, 11) is 0. The molecule has 1 saturated carbocycles. The molecule has 1 atom stereocenters. The number of morpholine rings is 1. The summed E-state index contributed by atoms with van der Waals surface area (Å²) in [4.78, 5) is 8.68. The number of fused-ring (bicyclic) bond motifs is 1. The van der Waals surface area contributed by atoms with Gasteiger partial charge in [-0.1, -0.05) is 11.6 Å². The molecule has 11 heteroatoms. The SMILES string of the molecule is N#Cc1cc(Oc2nc(NC3CC3)c3ncc(C#N)n3n2)c(Cl)c(C2CNCCO2)c1. The summed E-state index contributed by atoms with van der Waals surface area (Å²) in [5.41, 5.74) is 1.72. The minimum atomic E-state index is -0.300. The molecule has 1 aromatic carbocycles. The van der Waals surface area contributed by atoms with Gasteiger partial charge in [-0.25, -0.2) is 4.98 Å². The van der Waals surface area contributed by atoms with Gasteiger partial charge in [0.2, 0.25) is 0 Å². The fourth-order valence-electron chi connectivity index (χ4n) is 3.36. The van der Waals surface area contributed by atoms with E-state index in [9.17, 15) is 10.5 Å². The number of rotatable bonds is 5. The zero-order valence-electron chi connectivity index (χ0n) is 16.3. The van der Waals surface area contributed by atoms with Crippen LogP contribution in [-0.4, -0.2) is 45.3 Å². The van der Waals surface area contributed by atoms with Crippen LogP contribution in [0.15, 0.2) is 18.3 Å². The Morgan fingerprint density at radius 2 is 2.16 bits per heavy atom. The Labute approximate surface area is 182 Å². The van der Waals surface area contributed by atoms with Crippen molar-refractivity contribution in [1.82, 2.24) is 24.9 Å². The molecule has 10 nitrogen and oxygen atoms in total. The van der Waals surface area contributed by atoms with Crippen LogP contribution in [0.5, 0.6) is 11.8 Å². The van der Waals surface area contributed by atoms with Crippen LogP contribution in [0.25, 0.3) is 5.65 Å². The summed E-state index contributed by atoms with van der Waals surface area (Å²) in [5.74, 6) is 0.710. The van der Waals surface area contributed by atoms with Crippen LogP contribution in [0, 0.1) is 22.7 Å². The molecule has 0 amide bonds. The molecule has 1 aliphatic heterocycles. The van der Waals surface area contributed by atoms with Crippen LogP contribution in [0.4, 0.5) is 5.82 Å². The number of nitrogens with one attached hydrogen (secondary N) is 2. The van der Waals surface area contributed by atoms with Crippen molar-refractivity contribution in [1.29, 1.82) is 10.5 Å². The van der Waals surface area contributed by atoms with Gasteiger partial charge in [0.25, 0.3) is 0 Å². The molecule has 156 valence electrons. The number of nitriles is 2. The minimum Gasteiger partial charge on any atom is -0.422 e. The van der Waals surface area contributed by atoms with Crippen molar-refractivity contribution in [3.05, 3.63) is 40.2 Å². The number of ether oxygens (including phenoxy) is 2. The van der Waals surface area contributed by atoms with Crippen molar-refractivity contribution in [2.24, 2.45) is 0 Å². The van der Waals surface area contributed by atoms with E-state index in [1.165, 1.54) is 16.8 Å². The van der Waals surface area contributed by atoms with Gasteiger partial charge in [0.05, 0.1) is 35.6 Å². The summed E-state index contributed by atoms with van der Waals surface area (Å²) >= 11 is 6.63. The van der Waals surface area contributed by atoms with Gasteiger partial charge in [0.15, 0.2) is 22.9 Å². The molecular weight excluding hydrogens is 420 g/mol. The third-order valence-electron chi connectivity index (χ3n) is 5.05. The van der Waals surface area contributed by atoms with Crippen molar-refractivity contribution < 1.29 is 9.47 Å². The van der Waals surface area contributed by atoms with Gasteiger partial charge >= 0.3 is 6.01 Å². The van der Waals surface area contributed by atoms with Crippen LogP contribution in [0.1, 0.15) is 35.8 Å². The van der Waals surface area contributed by atoms with Crippen molar-refractivity contribution in [2.75, 3.05) is 25.0 Å². The molecule has 1 aliphatic carbocycles. The van der Waals surface area contributed by atoms with Crippen molar-refractivity contribution in [3.8, 4) is 23.9 Å². The van der Waals surface area contributed by atoms with Crippen LogP contribution < -0.4 is 15.4 Å². The number of benzene rings is 1. The number of hydrogen-bond acceptors (Lipinski definition) is 9. The van der Waals surface area contributed by atoms with Crippen LogP contribution >= 0.6 is 11.6 Å². The fraction of sp³-hybridized carbons (Fsp3) is 0.350. The molecule has 0 radical (unpaired) electrons. The van der Waals surface area contributed by atoms with E-state index >= 15 is 0 Å². The lowest BCUT2D eigenvalue weighted by Gasteiger charge is -2.25. The Morgan fingerprint density at radius 3 is 2.87 bits per heavy atom. The predicted octanol–water partition coefficient (Wildman–Crippen LogP) is 2.55. The lowest BCUT2D eigenvalue weighted by molar-refractivity contribution is 0.0276. The number of anilines is 1. The highest BCUT2D eigenvalue weighted by Gasteiger charge is 2.26. The van der Waals surface area contributed by atoms with Crippen molar-refractivity contribution >= 4 is 23.1 Å². The van der Waals surface area contributed by atoms with Gasteiger partial charge < -0.3 is 20.1 Å². The molecule has 3 heterocycles. The minimum absolute atomic E-state index is 0.0178. The monoisotopic (exact) mass is 436 g/mol. The maximum Gasteiger partial charge on any atom is 0.342 e. The normalized spacial score (nSPS) is 18.4. The van der Waals surface area contributed by atoms with E-state index in [0.717, 1.165) is 19.4 Å². The van der Waals surface area contributed by atoms with Crippen molar-refractivity contribution in [3.63, 3.8) is 0 Å². The van der Waals surface area contributed by atoms with E-state index in [1.807, 2.05) is 0 Å². The molecule has 5 rings (SSSR count). The van der Waals surface area contributed by atoms with Crippen LogP contribution in [0.2, 0.25) is 5.02 Å². The van der Waals surface area contributed by atoms with Gasteiger partial charge in [-0.05, 0) is 18.9 Å². The smallest absolute Gasteiger partial charge is 0.342 e. The molecule has 0 spiro atoms. The quantitative estimate of drug-likeness (QED) is 0.618. The highest BCUT2D eigenvalue weighted by Crippen LogP contribution is 2.37. The van der Waals surface area contributed by atoms with E-state index in [-0.39, 0.29) is 23.6 Å². The summed E-state index contributed by atoms with van der Waals surface area (Å²) < 4.78 is 13.1. The van der Waals surface area contributed by atoms with Gasteiger partial charge in [-0.3, -0.25) is 0 Å². The van der Waals surface area contributed by atoms with Crippen molar-refractivity contribution in [2.45, 2.75) is 25.0 Å². The van der Waals surface area contributed by atoms with Gasteiger partial charge in [-0.15, -0.1) is 5.10 Å². The van der Waals surface area contributed by atoms with Gasteiger partial charge in [0, 0.05) is 30.8 Å². The lowest BCUT2D eigenvalue weighted by atomic mass is 10.0. The molecule has 3 aromatic rings. The molecule has 1 saturated heterocycles. The molecule has 2 N–H and O–H groups in total. The average molecular weight is 437 g/mol. The van der Waals surface area contributed by atoms with E-state index in [2.05, 4.69) is 37.8 Å². The first-order valence-electron chi connectivity index (χ1n) is 9.82. The number of aromatic nitrogens is 4. The lowest BCUT2D eigenvalue weighted by Crippen LogP contribution is -2.33. The zero-order valence-corrected chi connectivity index (χ0v) is 17.1. The highest BCUT2D eigenvalue weighted by atomic mass is 35.5. The third kappa shape index (κ3) is 3.84. The molecule has 2 fully saturated rings. The van der Waals surface area contributed by atoms with Gasteiger partial charge in [-0.2, -0.15) is 20.0 Å². The second-order valence-electron chi connectivity index (χ2n) is 7.31. The topological polar surface area (TPSA) is 133 Å². The summed E-state index contributed by atoms with van der Waals surface area (Å²) in [6, 6.07) is 7.69. The first-order chi connectivity index (χ1) is 15.2. The largest absolute Gasteiger partial charge is 0.422 e. The van der Waals surface area contributed by atoms with Crippen LogP contribution in [0.3, 0.4) is 0 Å².